The van der Waals surface area contributed by atoms with Gasteiger partial charge in [-0.05, 0) is 69.2 Å². The predicted molar refractivity (Wildman–Crippen MR) is 248 cm³/mol. The number of rotatable bonds is 5. The van der Waals surface area contributed by atoms with Crippen LogP contribution in [0.15, 0.2) is 0 Å². The van der Waals surface area contributed by atoms with Gasteiger partial charge < -0.3 is 50.0 Å². The first-order valence-corrected chi connectivity index (χ1v) is 30.2. The number of sulfone groups is 5. The second-order valence-electron chi connectivity index (χ2n) is 21.7. The molecule has 5 amide bonds. The number of amides is 5. The Morgan fingerprint density at radius 3 is 0.480 bits per heavy atom. The van der Waals surface area contributed by atoms with E-state index in [0.29, 0.717) is 0 Å². The monoisotopic (exact) mass is 1170 g/mol. The molecule has 0 aliphatic carbocycles. The number of β-lactam (4-membered cyclic amide) rings is 5. The molecule has 10 aliphatic rings. The lowest BCUT2D eigenvalue weighted by atomic mass is 9.98. The van der Waals surface area contributed by atoms with E-state index in [2.05, 4.69) is 0 Å². The highest BCUT2D eigenvalue weighted by Crippen LogP contribution is 2.50. The summed E-state index contributed by atoms with van der Waals surface area (Å²) in [7, 11) is -17.8. The lowest BCUT2D eigenvalue weighted by Gasteiger charge is -2.35. The summed E-state index contributed by atoms with van der Waals surface area (Å²) in [6.07, 6.45) is -0.439. The van der Waals surface area contributed by atoms with Crippen LogP contribution < -0.4 is 0 Å². The second kappa shape index (κ2) is 17.2. The van der Waals surface area contributed by atoms with E-state index in [1.165, 1.54) is 69.2 Å². The summed E-state index contributed by atoms with van der Waals surface area (Å²) in [5.41, 5.74) is 0. The van der Waals surface area contributed by atoms with Crippen molar-refractivity contribution in [3.8, 4) is 0 Å². The van der Waals surface area contributed by atoms with Crippen LogP contribution in [0.2, 0.25) is 0 Å². The molecule has 0 unspecified atom stereocenters. The third-order valence-electron chi connectivity index (χ3n) is 16.0. The summed E-state index contributed by atoms with van der Waals surface area (Å²) in [4.78, 5) is 116. The fourth-order valence-corrected chi connectivity index (χ4v) is 21.8. The predicted octanol–water partition coefficient (Wildman–Crippen LogP) is -3.98. The van der Waals surface area contributed by atoms with E-state index in [9.17, 15) is 90.0 Å². The maximum absolute atomic E-state index is 11.9. The van der Waals surface area contributed by atoms with Gasteiger partial charge in [0.05, 0.1) is 55.8 Å². The Labute approximate surface area is 428 Å². The standard InChI is InChI=1S/5C8H11NO5S/c5*1-8(2)6(7(11)12)9-4(10)3-5(9)15(8,13)14/h5*5-6H,3H2,1-2H3,(H,11,12)/t5*5-,6+/m11111/s1. The van der Waals surface area contributed by atoms with Crippen molar-refractivity contribution in [2.45, 2.75) is 182 Å². The molecule has 10 heterocycles. The number of carboxylic acids is 5. The van der Waals surface area contributed by atoms with Crippen LogP contribution in [0, 0.1) is 0 Å². The molecule has 0 spiro atoms. The molecular weight excluding hydrogens is 1110 g/mol. The quantitative estimate of drug-likeness (QED) is 0.164. The Balaban J connectivity index is 0.000000152. The van der Waals surface area contributed by atoms with Crippen molar-refractivity contribution in [3.05, 3.63) is 0 Å². The summed E-state index contributed by atoms with van der Waals surface area (Å²) in [5.74, 6) is -8.33. The fraction of sp³-hybridized carbons (Fsp3) is 0.750. The molecular formula is C40H55N5O25S5. The summed E-state index contributed by atoms with van der Waals surface area (Å²) in [6.45, 7) is 13.5. The SMILES string of the molecule is CC1(C)[C@H](C(=O)O)N2C(=O)C[C@H]2S1(=O)=O.CC1(C)[C@H](C(=O)O)N2C(=O)C[C@H]2S1(=O)=O.CC1(C)[C@H](C(=O)O)N2C(=O)C[C@H]2S1(=O)=O.CC1(C)[C@H](C(=O)O)N2C(=O)C[C@H]2S1(=O)=O.CC1(C)[C@H](C(=O)O)N2C(=O)C[C@H]2S1(=O)=O. The van der Waals surface area contributed by atoms with Gasteiger partial charge in [-0.15, -0.1) is 0 Å². The summed E-state index contributed by atoms with van der Waals surface area (Å²) >= 11 is 0. The molecule has 420 valence electrons. The van der Waals surface area contributed by atoms with Gasteiger partial charge in [-0.3, -0.25) is 24.0 Å². The van der Waals surface area contributed by atoms with Crippen molar-refractivity contribution >= 4 is 109 Å². The minimum absolute atomic E-state index is 0.0878. The van der Waals surface area contributed by atoms with Crippen LogP contribution in [0.4, 0.5) is 0 Å². The Morgan fingerprint density at radius 2 is 0.413 bits per heavy atom. The van der Waals surface area contributed by atoms with Gasteiger partial charge in [-0.2, -0.15) is 0 Å². The molecule has 0 aromatic rings. The maximum Gasteiger partial charge on any atom is 0.328 e. The van der Waals surface area contributed by atoms with Gasteiger partial charge in [-0.1, -0.05) is 0 Å². The van der Waals surface area contributed by atoms with Crippen LogP contribution in [-0.2, 0) is 97.1 Å². The molecule has 75 heavy (non-hydrogen) atoms. The van der Waals surface area contributed by atoms with Gasteiger partial charge in [0, 0.05) is 0 Å². The molecule has 30 nitrogen and oxygen atoms in total. The number of nitrogens with zero attached hydrogens (tertiary/aromatic N) is 5. The molecule has 35 heteroatoms. The van der Waals surface area contributed by atoms with Crippen LogP contribution in [0.3, 0.4) is 0 Å². The van der Waals surface area contributed by atoms with Gasteiger partial charge in [0.15, 0.2) is 49.2 Å². The van der Waals surface area contributed by atoms with E-state index >= 15 is 0 Å². The third-order valence-corrected chi connectivity index (χ3v) is 30.0. The molecule has 0 aromatic carbocycles. The summed E-state index contributed by atoms with van der Waals surface area (Å²) in [6, 6.07) is -6.28. The molecule has 0 bridgehead atoms. The van der Waals surface area contributed by atoms with E-state index in [1.807, 2.05) is 0 Å². The molecule has 5 N–H and O–H groups in total. The first kappa shape index (κ1) is 58.7. The molecule has 10 fully saturated rings. The van der Waals surface area contributed by atoms with E-state index in [1.54, 1.807) is 0 Å². The van der Waals surface area contributed by atoms with Crippen molar-refractivity contribution in [2.75, 3.05) is 0 Å². The highest BCUT2D eigenvalue weighted by atomic mass is 32.2. The largest absolute Gasteiger partial charge is 0.480 e. The molecule has 0 saturated carbocycles. The minimum Gasteiger partial charge on any atom is -0.480 e. The van der Waals surface area contributed by atoms with E-state index in [-0.39, 0.29) is 32.1 Å². The first-order chi connectivity index (χ1) is 33.5. The zero-order chi connectivity index (χ0) is 58.0. The zero-order valence-corrected chi connectivity index (χ0v) is 45.6. The second-order valence-corrected chi connectivity index (χ2v) is 35.2. The van der Waals surface area contributed by atoms with Crippen molar-refractivity contribution < 1.29 is 116 Å². The van der Waals surface area contributed by atoms with Crippen LogP contribution in [0.5, 0.6) is 0 Å². The number of aliphatic carboxylic acids is 5. The Kier molecular flexibility index (Phi) is 13.5. The van der Waals surface area contributed by atoms with Gasteiger partial charge >= 0.3 is 29.8 Å². The van der Waals surface area contributed by atoms with Crippen molar-refractivity contribution in [2.24, 2.45) is 0 Å². The third kappa shape index (κ3) is 7.60. The average Bonchev–Trinajstić information content (AvgIpc) is 3.65. The van der Waals surface area contributed by atoms with Gasteiger partial charge in [0.1, 0.15) is 57.1 Å². The van der Waals surface area contributed by atoms with E-state index < -0.39 is 189 Å². The van der Waals surface area contributed by atoms with E-state index in [4.69, 9.17) is 25.5 Å². The van der Waals surface area contributed by atoms with Gasteiger partial charge in [-0.25, -0.2) is 66.1 Å². The highest BCUT2D eigenvalue weighted by molar-refractivity contribution is 7.95. The van der Waals surface area contributed by atoms with Crippen LogP contribution in [0.1, 0.15) is 101 Å². The molecule has 10 rings (SSSR count). The summed E-state index contributed by atoms with van der Waals surface area (Å²) in [5, 5.41) is 40.2. The lowest BCUT2D eigenvalue weighted by Crippen LogP contribution is -2.57. The number of fused-ring (bicyclic) bond motifs is 5. The molecule has 0 radical (unpaired) electrons. The number of carbonyl (C=O) groups is 10. The Morgan fingerprint density at radius 1 is 0.307 bits per heavy atom. The normalized spacial score (nSPS) is 35.9. The van der Waals surface area contributed by atoms with Crippen LogP contribution in [0.25, 0.3) is 0 Å². The van der Waals surface area contributed by atoms with Crippen molar-refractivity contribution in [1.82, 2.24) is 24.5 Å². The number of carbonyl (C=O) groups excluding carboxylic acids is 5. The molecule has 0 aromatic heterocycles. The van der Waals surface area contributed by atoms with Crippen molar-refractivity contribution in [3.63, 3.8) is 0 Å². The van der Waals surface area contributed by atoms with Crippen molar-refractivity contribution in [1.29, 1.82) is 0 Å². The number of carboxylic acid groups (broad SMARTS) is 5. The van der Waals surface area contributed by atoms with Gasteiger partial charge in [0.2, 0.25) is 29.5 Å². The number of hydrogen-bond acceptors (Lipinski definition) is 20. The van der Waals surface area contributed by atoms with Crippen LogP contribution in [-0.4, -0.2) is 232 Å². The number of hydrogen-bond donors (Lipinski definition) is 5. The summed E-state index contributed by atoms with van der Waals surface area (Å²) < 4.78 is 112. The van der Waals surface area contributed by atoms with E-state index in [0.717, 1.165) is 24.5 Å². The molecule has 10 saturated heterocycles. The smallest absolute Gasteiger partial charge is 0.328 e. The topological polar surface area (TPSA) is 459 Å². The minimum atomic E-state index is -3.57. The van der Waals surface area contributed by atoms with Crippen LogP contribution >= 0.6 is 0 Å². The lowest BCUT2D eigenvalue weighted by molar-refractivity contribution is -0.157. The zero-order valence-electron chi connectivity index (χ0n) is 41.5. The Bertz CT molecular complexity index is 2760. The molecule has 10 aliphatic heterocycles. The maximum atomic E-state index is 11.9. The fourth-order valence-electron chi connectivity index (χ4n) is 11.1. The van der Waals surface area contributed by atoms with Gasteiger partial charge in [0.25, 0.3) is 0 Å². The average molecular weight is 1170 g/mol. The molecule has 10 atom stereocenters. The highest BCUT2D eigenvalue weighted by Gasteiger charge is 2.72. The first-order valence-electron chi connectivity index (χ1n) is 22.4. The Hall–Kier alpha value is -5.55.